The van der Waals surface area contributed by atoms with Gasteiger partial charge in [0.1, 0.15) is 0 Å². The van der Waals surface area contributed by atoms with E-state index >= 15 is 0 Å². The zero-order valence-electron chi connectivity index (χ0n) is 9.02. The van der Waals surface area contributed by atoms with Crippen molar-refractivity contribution in [1.29, 1.82) is 0 Å². The Bertz CT molecular complexity index is 466. The average Bonchev–Trinajstić information content (AvgIpc) is 2.80. The van der Waals surface area contributed by atoms with Crippen molar-refractivity contribution in [2.75, 3.05) is 0 Å². The highest BCUT2D eigenvalue weighted by atomic mass is 32.1. The molecule has 0 radical (unpaired) electrons. The Labute approximate surface area is 99.4 Å². The van der Waals surface area contributed by atoms with Crippen LogP contribution in [0.1, 0.15) is 24.8 Å². The molecule has 2 heteroatoms. The van der Waals surface area contributed by atoms with Crippen molar-refractivity contribution in [3.63, 3.8) is 0 Å². The Kier molecular flexibility index (Phi) is 2.34. The summed E-state index contributed by atoms with van der Waals surface area (Å²) in [4.78, 5) is 1.28. The van der Waals surface area contributed by atoms with Gasteiger partial charge in [0.2, 0.25) is 0 Å². The Morgan fingerprint density at radius 1 is 1.06 bits per heavy atom. The van der Waals surface area contributed by atoms with E-state index in [1.165, 1.54) is 10.4 Å². The summed E-state index contributed by atoms with van der Waals surface area (Å²) in [6.07, 6.45) is 2.96. The Morgan fingerprint density at radius 2 is 1.81 bits per heavy atom. The Morgan fingerprint density at radius 3 is 2.31 bits per heavy atom. The predicted octanol–water partition coefficient (Wildman–Crippen LogP) is 3.79. The van der Waals surface area contributed by atoms with Crippen LogP contribution in [0.5, 0.6) is 0 Å². The number of hydrogen-bond donors (Lipinski definition) is 1. The summed E-state index contributed by atoms with van der Waals surface area (Å²) >= 11 is 1.75. The molecule has 82 valence electrons. The van der Waals surface area contributed by atoms with Crippen molar-refractivity contribution >= 4 is 11.3 Å². The SMILES string of the molecule is OC1(c2ccc(-c3cccs3)cc2)CCC1. The maximum Gasteiger partial charge on any atom is 0.0896 e. The van der Waals surface area contributed by atoms with E-state index < -0.39 is 5.60 Å². The van der Waals surface area contributed by atoms with Crippen molar-refractivity contribution in [1.82, 2.24) is 0 Å². The second-order valence-corrected chi connectivity index (χ2v) is 5.39. The molecule has 1 aliphatic carbocycles. The normalized spacial score (nSPS) is 18.1. The minimum Gasteiger partial charge on any atom is -0.385 e. The fraction of sp³-hybridized carbons (Fsp3) is 0.286. The number of benzene rings is 1. The third kappa shape index (κ3) is 1.58. The van der Waals surface area contributed by atoms with E-state index in [0.29, 0.717) is 0 Å². The lowest BCUT2D eigenvalue weighted by atomic mass is 9.75. The van der Waals surface area contributed by atoms with Gasteiger partial charge < -0.3 is 5.11 Å². The fourth-order valence-corrected chi connectivity index (χ4v) is 2.92. The minimum absolute atomic E-state index is 0.534. The van der Waals surface area contributed by atoms with E-state index in [4.69, 9.17) is 0 Å². The van der Waals surface area contributed by atoms with Crippen molar-refractivity contribution in [3.8, 4) is 10.4 Å². The van der Waals surface area contributed by atoms with Crippen molar-refractivity contribution in [2.24, 2.45) is 0 Å². The lowest BCUT2D eigenvalue weighted by Crippen LogP contribution is -2.33. The molecule has 0 atom stereocenters. The van der Waals surface area contributed by atoms with E-state index in [0.717, 1.165) is 24.8 Å². The van der Waals surface area contributed by atoms with Gasteiger partial charge in [0.05, 0.1) is 5.60 Å². The van der Waals surface area contributed by atoms with Gasteiger partial charge in [-0.15, -0.1) is 11.3 Å². The molecule has 16 heavy (non-hydrogen) atoms. The molecule has 0 saturated heterocycles. The molecule has 0 amide bonds. The first kappa shape index (κ1) is 10.1. The first-order chi connectivity index (χ1) is 7.78. The topological polar surface area (TPSA) is 20.2 Å². The van der Waals surface area contributed by atoms with Gasteiger partial charge in [0, 0.05) is 4.88 Å². The third-order valence-corrected chi connectivity index (χ3v) is 4.33. The van der Waals surface area contributed by atoms with Crippen LogP contribution < -0.4 is 0 Å². The molecule has 0 aliphatic heterocycles. The quantitative estimate of drug-likeness (QED) is 0.832. The van der Waals surface area contributed by atoms with Crippen LogP contribution in [0.3, 0.4) is 0 Å². The van der Waals surface area contributed by atoms with E-state index in [2.05, 4.69) is 41.8 Å². The van der Waals surface area contributed by atoms with E-state index in [-0.39, 0.29) is 0 Å². The van der Waals surface area contributed by atoms with Gasteiger partial charge in [-0.25, -0.2) is 0 Å². The van der Waals surface area contributed by atoms with Crippen molar-refractivity contribution in [3.05, 3.63) is 47.3 Å². The highest BCUT2D eigenvalue weighted by Crippen LogP contribution is 2.41. The first-order valence-corrected chi connectivity index (χ1v) is 6.53. The molecule has 0 bridgehead atoms. The standard InChI is InChI=1S/C14H14OS/c15-14(8-2-9-14)12-6-4-11(5-7-12)13-3-1-10-16-13/h1,3-7,10,15H,2,8-9H2. The van der Waals surface area contributed by atoms with E-state index in [1.807, 2.05) is 0 Å². The lowest BCUT2D eigenvalue weighted by molar-refractivity contribution is -0.0387. The molecule has 1 N–H and O–H groups in total. The maximum absolute atomic E-state index is 10.2. The molecular weight excluding hydrogens is 216 g/mol. The van der Waals surface area contributed by atoms with Crippen molar-refractivity contribution < 1.29 is 5.11 Å². The van der Waals surface area contributed by atoms with Gasteiger partial charge in [-0.1, -0.05) is 30.3 Å². The summed E-state index contributed by atoms with van der Waals surface area (Å²) < 4.78 is 0. The van der Waals surface area contributed by atoms with Crippen LogP contribution in [-0.2, 0) is 5.60 Å². The Balaban J connectivity index is 1.91. The third-order valence-electron chi connectivity index (χ3n) is 3.41. The van der Waals surface area contributed by atoms with Gasteiger partial charge in [-0.05, 0) is 41.8 Å². The van der Waals surface area contributed by atoms with E-state index in [9.17, 15) is 5.11 Å². The summed E-state index contributed by atoms with van der Waals surface area (Å²) in [7, 11) is 0. The summed E-state index contributed by atoms with van der Waals surface area (Å²) in [5.41, 5.74) is 1.77. The highest BCUT2D eigenvalue weighted by molar-refractivity contribution is 7.13. The molecular formula is C14H14OS. The average molecular weight is 230 g/mol. The van der Waals surface area contributed by atoms with Crippen LogP contribution >= 0.6 is 11.3 Å². The van der Waals surface area contributed by atoms with Crippen LogP contribution in [0.15, 0.2) is 41.8 Å². The predicted molar refractivity (Wildman–Crippen MR) is 67.5 cm³/mol. The molecule has 1 aromatic carbocycles. The maximum atomic E-state index is 10.2. The fourth-order valence-electron chi connectivity index (χ4n) is 2.19. The molecule has 1 fully saturated rings. The monoisotopic (exact) mass is 230 g/mol. The second-order valence-electron chi connectivity index (χ2n) is 4.44. The second kappa shape index (κ2) is 3.72. The van der Waals surface area contributed by atoms with E-state index in [1.54, 1.807) is 11.3 Å². The van der Waals surface area contributed by atoms with Gasteiger partial charge >= 0.3 is 0 Å². The van der Waals surface area contributed by atoms with Crippen LogP contribution in [0.2, 0.25) is 0 Å². The molecule has 0 unspecified atom stereocenters. The van der Waals surface area contributed by atoms with Gasteiger partial charge in [0.15, 0.2) is 0 Å². The number of hydrogen-bond acceptors (Lipinski definition) is 2. The first-order valence-electron chi connectivity index (χ1n) is 5.65. The molecule has 1 aliphatic rings. The lowest BCUT2D eigenvalue weighted by Gasteiger charge is -2.37. The molecule has 1 saturated carbocycles. The summed E-state index contributed by atoms with van der Waals surface area (Å²) in [6, 6.07) is 12.5. The molecule has 3 rings (SSSR count). The zero-order valence-corrected chi connectivity index (χ0v) is 9.83. The van der Waals surface area contributed by atoms with Gasteiger partial charge in [0.25, 0.3) is 0 Å². The smallest absolute Gasteiger partial charge is 0.0896 e. The van der Waals surface area contributed by atoms with Gasteiger partial charge in [-0.2, -0.15) is 0 Å². The summed E-state index contributed by atoms with van der Waals surface area (Å²) in [5, 5.41) is 12.3. The number of aliphatic hydroxyl groups is 1. The minimum atomic E-state index is -0.534. The number of thiophene rings is 1. The van der Waals surface area contributed by atoms with Crippen molar-refractivity contribution in [2.45, 2.75) is 24.9 Å². The Hall–Kier alpha value is -1.12. The molecule has 1 aromatic heterocycles. The molecule has 0 spiro atoms. The zero-order chi connectivity index (χ0) is 11.0. The van der Waals surface area contributed by atoms with Crippen LogP contribution in [0, 0.1) is 0 Å². The van der Waals surface area contributed by atoms with Crippen LogP contribution in [0.4, 0.5) is 0 Å². The summed E-state index contributed by atoms with van der Waals surface area (Å²) in [6.45, 7) is 0. The summed E-state index contributed by atoms with van der Waals surface area (Å²) in [5.74, 6) is 0. The van der Waals surface area contributed by atoms with Crippen LogP contribution in [0.25, 0.3) is 10.4 Å². The van der Waals surface area contributed by atoms with Crippen LogP contribution in [-0.4, -0.2) is 5.11 Å². The molecule has 1 heterocycles. The molecule has 2 aromatic rings. The number of rotatable bonds is 2. The van der Waals surface area contributed by atoms with Gasteiger partial charge in [-0.3, -0.25) is 0 Å². The largest absolute Gasteiger partial charge is 0.385 e. The molecule has 1 nitrogen and oxygen atoms in total. The highest BCUT2D eigenvalue weighted by Gasteiger charge is 2.35.